The van der Waals surface area contributed by atoms with Crippen molar-refractivity contribution in [2.45, 2.75) is 19.9 Å². The maximum atomic E-state index is 12.3. The summed E-state index contributed by atoms with van der Waals surface area (Å²) in [5, 5.41) is 7.31. The van der Waals surface area contributed by atoms with Crippen LogP contribution in [0.3, 0.4) is 0 Å². The molecule has 6 heteroatoms. The molecular formula is C17H19N5O. The van der Waals surface area contributed by atoms with E-state index >= 15 is 0 Å². The van der Waals surface area contributed by atoms with Gasteiger partial charge in [0.1, 0.15) is 5.82 Å². The maximum Gasteiger partial charge on any atom is 0.251 e. The van der Waals surface area contributed by atoms with Gasteiger partial charge < -0.3 is 9.88 Å². The van der Waals surface area contributed by atoms with Gasteiger partial charge in [-0.1, -0.05) is 0 Å². The van der Waals surface area contributed by atoms with Crippen molar-refractivity contribution >= 4 is 5.91 Å². The number of aryl methyl sites for hydroxylation is 2. The average molecular weight is 309 g/mol. The zero-order chi connectivity index (χ0) is 16.4. The van der Waals surface area contributed by atoms with Gasteiger partial charge in [0.25, 0.3) is 5.91 Å². The van der Waals surface area contributed by atoms with Crippen molar-refractivity contribution in [2.24, 2.45) is 7.05 Å². The van der Waals surface area contributed by atoms with Gasteiger partial charge in [-0.2, -0.15) is 5.10 Å². The molecule has 23 heavy (non-hydrogen) atoms. The Hall–Kier alpha value is -2.89. The SMILES string of the molecule is Cc1ccn(-c2ccc(C(=O)NC(C)c3nccn3C)cc2)n1. The summed E-state index contributed by atoms with van der Waals surface area (Å²) in [6.45, 7) is 3.86. The predicted molar refractivity (Wildman–Crippen MR) is 87.4 cm³/mol. The van der Waals surface area contributed by atoms with Crippen LogP contribution in [0.15, 0.2) is 48.9 Å². The number of nitrogens with one attached hydrogen (secondary N) is 1. The Kier molecular flexibility index (Phi) is 3.97. The summed E-state index contributed by atoms with van der Waals surface area (Å²) in [5.41, 5.74) is 2.49. The van der Waals surface area contributed by atoms with E-state index in [9.17, 15) is 4.79 Å². The van der Waals surface area contributed by atoms with Crippen LogP contribution in [0.5, 0.6) is 0 Å². The van der Waals surface area contributed by atoms with E-state index in [1.54, 1.807) is 23.0 Å². The van der Waals surface area contributed by atoms with Crippen LogP contribution in [-0.2, 0) is 7.05 Å². The van der Waals surface area contributed by atoms with Gasteiger partial charge in [0, 0.05) is 31.2 Å². The van der Waals surface area contributed by atoms with Crippen LogP contribution in [0.25, 0.3) is 5.69 Å². The fourth-order valence-corrected chi connectivity index (χ4v) is 2.46. The van der Waals surface area contributed by atoms with Gasteiger partial charge in [-0.05, 0) is 44.2 Å². The molecule has 0 aliphatic rings. The van der Waals surface area contributed by atoms with Crippen LogP contribution in [0.2, 0.25) is 0 Å². The third-order valence-corrected chi connectivity index (χ3v) is 3.71. The van der Waals surface area contributed by atoms with Crippen molar-refractivity contribution in [1.29, 1.82) is 0 Å². The summed E-state index contributed by atoms with van der Waals surface area (Å²) < 4.78 is 3.68. The summed E-state index contributed by atoms with van der Waals surface area (Å²) >= 11 is 0. The van der Waals surface area contributed by atoms with E-state index in [4.69, 9.17) is 0 Å². The lowest BCUT2D eigenvalue weighted by Crippen LogP contribution is -2.28. The van der Waals surface area contributed by atoms with Crippen molar-refractivity contribution in [2.75, 3.05) is 0 Å². The molecule has 0 saturated carbocycles. The van der Waals surface area contributed by atoms with Crippen molar-refractivity contribution in [3.05, 3.63) is 66.0 Å². The number of imidazole rings is 1. The topological polar surface area (TPSA) is 64.7 Å². The van der Waals surface area contributed by atoms with Crippen LogP contribution in [0, 0.1) is 6.92 Å². The van der Waals surface area contributed by atoms with Gasteiger partial charge in [0.05, 0.1) is 17.4 Å². The number of carbonyl (C=O) groups is 1. The molecular weight excluding hydrogens is 290 g/mol. The third kappa shape index (κ3) is 3.15. The van der Waals surface area contributed by atoms with Crippen LogP contribution < -0.4 is 5.32 Å². The van der Waals surface area contributed by atoms with E-state index in [1.807, 2.05) is 56.1 Å². The number of hydrogen-bond acceptors (Lipinski definition) is 3. The molecule has 1 N–H and O–H groups in total. The minimum absolute atomic E-state index is 0.122. The Balaban J connectivity index is 1.72. The zero-order valence-electron chi connectivity index (χ0n) is 13.4. The van der Waals surface area contributed by atoms with Gasteiger partial charge in [0.2, 0.25) is 0 Å². The Labute approximate surface area is 134 Å². The van der Waals surface area contributed by atoms with E-state index in [1.165, 1.54) is 0 Å². The molecule has 6 nitrogen and oxygen atoms in total. The molecule has 2 heterocycles. The number of benzene rings is 1. The molecule has 1 atom stereocenters. The predicted octanol–water partition coefficient (Wildman–Crippen LogP) is 2.41. The quantitative estimate of drug-likeness (QED) is 0.805. The van der Waals surface area contributed by atoms with E-state index in [2.05, 4.69) is 15.4 Å². The van der Waals surface area contributed by atoms with Crippen molar-refractivity contribution in [1.82, 2.24) is 24.6 Å². The normalized spacial score (nSPS) is 12.1. The molecule has 0 saturated heterocycles. The first kappa shape index (κ1) is 15.0. The van der Waals surface area contributed by atoms with E-state index in [-0.39, 0.29) is 11.9 Å². The van der Waals surface area contributed by atoms with Crippen LogP contribution in [0.1, 0.15) is 34.8 Å². The van der Waals surface area contributed by atoms with Crippen LogP contribution >= 0.6 is 0 Å². The second kappa shape index (κ2) is 6.08. The van der Waals surface area contributed by atoms with Crippen LogP contribution in [0.4, 0.5) is 0 Å². The second-order valence-corrected chi connectivity index (χ2v) is 5.54. The summed E-state index contributed by atoms with van der Waals surface area (Å²) in [6, 6.07) is 9.14. The van der Waals surface area contributed by atoms with Gasteiger partial charge >= 0.3 is 0 Å². The summed E-state index contributed by atoms with van der Waals surface area (Å²) in [5.74, 6) is 0.700. The number of rotatable bonds is 4. The molecule has 2 aromatic heterocycles. The Morgan fingerprint density at radius 1 is 1.17 bits per heavy atom. The lowest BCUT2D eigenvalue weighted by molar-refractivity contribution is 0.0938. The lowest BCUT2D eigenvalue weighted by Gasteiger charge is -2.14. The maximum absolute atomic E-state index is 12.3. The molecule has 0 aliphatic carbocycles. The molecule has 1 aromatic carbocycles. The molecule has 0 aliphatic heterocycles. The van der Waals surface area contributed by atoms with E-state index in [0.29, 0.717) is 5.56 Å². The molecule has 1 unspecified atom stereocenters. The number of amides is 1. The highest BCUT2D eigenvalue weighted by Gasteiger charge is 2.14. The molecule has 0 bridgehead atoms. The Morgan fingerprint density at radius 2 is 1.91 bits per heavy atom. The van der Waals surface area contributed by atoms with Crippen molar-refractivity contribution in [3.63, 3.8) is 0 Å². The minimum Gasteiger partial charge on any atom is -0.342 e. The Morgan fingerprint density at radius 3 is 2.48 bits per heavy atom. The molecule has 0 fully saturated rings. The standard InChI is InChI=1S/C17H19N5O/c1-12-8-10-22(20-12)15-6-4-14(5-7-15)17(23)19-13(2)16-18-9-11-21(16)3/h4-11,13H,1-3H3,(H,19,23). The molecule has 3 rings (SSSR count). The number of aromatic nitrogens is 4. The first-order valence-corrected chi connectivity index (χ1v) is 7.45. The fraction of sp³-hybridized carbons (Fsp3) is 0.235. The summed E-state index contributed by atoms with van der Waals surface area (Å²) in [6.07, 6.45) is 5.48. The highest BCUT2D eigenvalue weighted by Crippen LogP contribution is 2.12. The number of hydrogen-bond donors (Lipinski definition) is 1. The van der Waals surface area contributed by atoms with Crippen molar-refractivity contribution in [3.8, 4) is 5.69 Å². The van der Waals surface area contributed by atoms with Gasteiger partial charge in [-0.15, -0.1) is 0 Å². The van der Waals surface area contributed by atoms with Gasteiger partial charge in [-0.3, -0.25) is 4.79 Å². The second-order valence-electron chi connectivity index (χ2n) is 5.54. The van der Waals surface area contributed by atoms with Gasteiger partial charge in [0.15, 0.2) is 0 Å². The molecule has 0 radical (unpaired) electrons. The average Bonchev–Trinajstić information content (AvgIpc) is 3.16. The summed E-state index contributed by atoms with van der Waals surface area (Å²) in [4.78, 5) is 16.6. The largest absolute Gasteiger partial charge is 0.342 e. The zero-order valence-corrected chi connectivity index (χ0v) is 13.4. The molecule has 3 aromatic rings. The monoisotopic (exact) mass is 309 g/mol. The van der Waals surface area contributed by atoms with Crippen LogP contribution in [-0.4, -0.2) is 25.2 Å². The van der Waals surface area contributed by atoms with E-state index < -0.39 is 0 Å². The smallest absolute Gasteiger partial charge is 0.251 e. The van der Waals surface area contributed by atoms with E-state index in [0.717, 1.165) is 17.2 Å². The van der Waals surface area contributed by atoms with Gasteiger partial charge in [-0.25, -0.2) is 9.67 Å². The Bertz CT molecular complexity index is 816. The third-order valence-electron chi connectivity index (χ3n) is 3.71. The fourth-order valence-electron chi connectivity index (χ4n) is 2.46. The minimum atomic E-state index is -0.157. The molecule has 118 valence electrons. The molecule has 1 amide bonds. The van der Waals surface area contributed by atoms with Crippen molar-refractivity contribution < 1.29 is 4.79 Å². The first-order valence-electron chi connectivity index (χ1n) is 7.45. The summed E-state index contributed by atoms with van der Waals surface area (Å²) in [7, 11) is 1.91. The number of nitrogens with zero attached hydrogens (tertiary/aromatic N) is 4. The highest BCUT2D eigenvalue weighted by molar-refractivity contribution is 5.94. The highest BCUT2D eigenvalue weighted by atomic mass is 16.1. The lowest BCUT2D eigenvalue weighted by atomic mass is 10.2. The molecule has 0 spiro atoms. The first-order chi connectivity index (χ1) is 11.0. The number of carbonyl (C=O) groups excluding carboxylic acids is 1.